The van der Waals surface area contributed by atoms with Crippen LogP contribution in [0.1, 0.15) is 31.2 Å². The summed E-state index contributed by atoms with van der Waals surface area (Å²) < 4.78 is 5.90. The highest BCUT2D eigenvalue weighted by atomic mass is 16.5. The van der Waals surface area contributed by atoms with Crippen molar-refractivity contribution in [1.29, 1.82) is 0 Å². The van der Waals surface area contributed by atoms with Crippen LogP contribution in [-0.4, -0.2) is 70.8 Å². The molecule has 1 spiro atoms. The number of nitrogens with zero attached hydrogens (tertiary/aromatic N) is 3. The number of piperidine rings is 1. The van der Waals surface area contributed by atoms with Crippen molar-refractivity contribution in [3.05, 3.63) is 30.1 Å². The van der Waals surface area contributed by atoms with E-state index < -0.39 is 11.7 Å². The molecule has 132 valence electrons. The van der Waals surface area contributed by atoms with Crippen molar-refractivity contribution in [1.82, 2.24) is 14.8 Å². The number of likely N-dealkylation sites (tertiary alicyclic amines) is 1. The number of aliphatic hydroxyl groups excluding tert-OH is 1. The van der Waals surface area contributed by atoms with Crippen molar-refractivity contribution in [2.45, 2.75) is 43.9 Å². The van der Waals surface area contributed by atoms with Gasteiger partial charge in [-0.3, -0.25) is 14.7 Å². The molecule has 1 aromatic heterocycles. The fraction of sp³-hybridized carbons (Fsp3) is 0.667. The van der Waals surface area contributed by atoms with Crippen LogP contribution in [0.5, 0.6) is 0 Å². The Kier molecular flexibility index (Phi) is 5.48. The molecule has 1 aromatic rings. The minimum atomic E-state index is -0.419. The first-order valence-electron chi connectivity index (χ1n) is 8.76. The largest absolute Gasteiger partial charge is 0.390 e. The minimum Gasteiger partial charge on any atom is -0.390 e. The van der Waals surface area contributed by atoms with Gasteiger partial charge in [0.2, 0.25) is 5.91 Å². The lowest BCUT2D eigenvalue weighted by Gasteiger charge is -2.46. The fourth-order valence-electron chi connectivity index (χ4n) is 3.71. The van der Waals surface area contributed by atoms with E-state index in [0.29, 0.717) is 19.6 Å². The van der Waals surface area contributed by atoms with Crippen molar-refractivity contribution in [2.24, 2.45) is 0 Å². The molecule has 0 unspecified atom stereocenters. The number of hydrogen-bond donors (Lipinski definition) is 1. The lowest BCUT2D eigenvalue weighted by atomic mass is 9.82. The van der Waals surface area contributed by atoms with Gasteiger partial charge in [-0.15, -0.1) is 0 Å². The van der Waals surface area contributed by atoms with Crippen LogP contribution >= 0.6 is 0 Å². The van der Waals surface area contributed by atoms with Gasteiger partial charge in [-0.2, -0.15) is 0 Å². The summed E-state index contributed by atoms with van der Waals surface area (Å²) in [6, 6.07) is 3.93. The van der Waals surface area contributed by atoms with E-state index >= 15 is 0 Å². The molecule has 6 nitrogen and oxygen atoms in total. The maximum Gasteiger partial charge on any atom is 0.236 e. The fourth-order valence-corrected chi connectivity index (χ4v) is 3.71. The highest BCUT2D eigenvalue weighted by molar-refractivity contribution is 5.78. The van der Waals surface area contributed by atoms with E-state index in [1.807, 2.05) is 29.0 Å². The van der Waals surface area contributed by atoms with Gasteiger partial charge in [0.05, 0.1) is 18.2 Å². The highest BCUT2D eigenvalue weighted by Crippen LogP contribution is 2.35. The SMILES string of the molecule is CN(CC(=O)N1CCC2(CC1)OCCC[C@H]2O)Cc1ccncc1. The maximum absolute atomic E-state index is 12.5. The van der Waals surface area contributed by atoms with E-state index in [1.165, 1.54) is 0 Å². The average Bonchev–Trinajstić information content (AvgIpc) is 2.59. The quantitative estimate of drug-likeness (QED) is 0.892. The highest BCUT2D eigenvalue weighted by Gasteiger charge is 2.44. The van der Waals surface area contributed by atoms with Crippen molar-refractivity contribution in [3.8, 4) is 0 Å². The molecule has 2 aliphatic heterocycles. The zero-order valence-electron chi connectivity index (χ0n) is 14.4. The number of likely N-dealkylation sites (N-methyl/N-ethyl adjacent to an activating group) is 1. The van der Waals surface area contributed by atoms with E-state index in [-0.39, 0.29) is 5.91 Å². The number of carbonyl (C=O) groups is 1. The molecule has 1 N–H and O–H groups in total. The molecule has 2 fully saturated rings. The zero-order chi connectivity index (χ0) is 17.0. The molecular formula is C18H27N3O3. The average molecular weight is 333 g/mol. The second kappa shape index (κ2) is 7.59. The second-order valence-corrected chi connectivity index (χ2v) is 6.98. The Morgan fingerprint density at radius 2 is 2.12 bits per heavy atom. The van der Waals surface area contributed by atoms with Gasteiger partial charge in [-0.05, 0) is 50.4 Å². The van der Waals surface area contributed by atoms with Crippen LogP contribution in [0.15, 0.2) is 24.5 Å². The molecule has 3 heterocycles. The van der Waals surface area contributed by atoms with Gasteiger partial charge in [0.25, 0.3) is 0 Å². The Hall–Kier alpha value is -1.50. The molecule has 2 aliphatic rings. The third-order valence-electron chi connectivity index (χ3n) is 5.19. The third kappa shape index (κ3) is 3.94. The van der Waals surface area contributed by atoms with Gasteiger partial charge in [-0.1, -0.05) is 0 Å². The van der Waals surface area contributed by atoms with Crippen LogP contribution in [0.3, 0.4) is 0 Å². The minimum absolute atomic E-state index is 0.145. The Bertz CT molecular complexity index is 544. The summed E-state index contributed by atoms with van der Waals surface area (Å²) in [6.45, 7) is 3.18. The number of carbonyl (C=O) groups excluding carboxylic acids is 1. The molecule has 2 saturated heterocycles. The van der Waals surface area contributed by atoms with Crippen molar-refractivity contribution < 1.29 is 14.6 Å². The number of aromatic nitrogens is 1. The molecule has 6 heteroatoms. The van der Waals surface area contributed by atoms with Crippen molar-refractivity contribution >= 4 is 5.91 Å². The van der Waals surface area contributed by atoms with Crippen LogP contribution in [-0.2, 0) is 16.1 Å². The Balaban J connectivity index is 1.48. The van der Waals surface area contributed by atoms with Gasteiger partial charge >= 0.3 is 0 Å². The third-order valence-corrected chi connectivity index (χ3v) is 5.19. The predicted octanol–water partition coefficient (Wildman–Crippen LogP) is 1.05. The van der Waals surface area contributed by atoms with Crippen LogP contribution in [0, 0.1) is 0 Å². The van der Waals surface area contributed by atoms with E-state index in [2.05, 4.69) is 4.98 Å². The lowest BCUT2D eigenvalue weighted by Crippen LogP contribution is -2.56. The first-order chi connectivity index (χ1) is 11.6. The molecule has 0 aromatic carbocycles. The van der Waals surface area contributed by atoms with E-state index in [9.17, 15) is 9.90 Å². The monoisotopic (exact) mass is 333 g/mol. The van der Waals surface area contributed by atoms with Crippen molar-refractivity contribution in [3.63, 3.8) is 0 Å². The second-order valence-electron chi connectivity index (χ2n) is 6.98. The van der Waals surface area contributed by atoms with Crippen LogP contribution in [0.25, 0.3) is 0 Å². The van der Waals surface area contributed by atoms with Crippen LogP contribution in [0.4, 0.5) is 0 Å². The standard InChI is InChI=1S/C18H27N3O3/c1-20(13-15-4-8-19-9-5-15)14-17(23)21-10-6-18(7-11-21)16(22)3-2-12-24-18/h4-5,8-9,16,22H,2-3,6-7,10-14H2,1H3/t16-/m1/s1. The number of ether oxygens (including phenoxy) is 1. The van der Waals surface area contributed by atoms with E-state index in [0.717, 1.165) is 44.4 Å². The van der Waals surface area contributed by atoms with Gasteiger partial charge in [0.1, 0.15) is 0 Å². The zero-order valence-corrected chi connectivity index (χ0v) is 14.4. The van der Waals surface area contributed by atoms with E-state index in [4.69, 9.17) is 4.74 Å². The Morgan fingerprint density at radius 3 is 2.79 bits per heavy atom. The molecule has 1 amide bonds. The van der Waals surface area contributed by atoms with Gasteiger partial charge in [-0.25, -0.2) is 0 Å². The summed E-state index contributed by atoms with van der Waals surface area (Å²) in [6.07, 6.45) is 6.34. The molecule has 24 heavy (non-hydrogen) atoms. The Labute approximate surface area is 143 Å². The molecule has 0 radical (unpaired) electrons. The lowest BCUT2D eigenvalue weighted by molar-refractivity contribution is -0.179. The summed E-state index contributed by atoms with van der Waals surface area (Å²) in [7, 11) is 1.96. The molecule has 0 bridgehead atoms. The Morgan fingerprint density at radius 1 is 1.42 bits per heavy atom. The number of rotatable bonds is 4. The molecule has 1 atom stereocenters. The summed E-state index contributed by atoms with van der Waals surface area (Å²) in [5.74, 6) is 0.145. The summed E-state index contributed by atoms with van der Waals surface area (Å²) in [5.41, 5.74) is 0.731. The van der Waals surface area contributed by atoms with Crippen LogP contribution < -0.4 is 0 Å². The number of aliphatic hydroxyl groups is 1. The van der Waals surface area contributed by atoms with Gasteiger partial charge < -0.3 is 14.7 Å². The first kappa shape index (κ1) is 17.3. The number of hydrogen-bond acceptors (Lipinski definition) is 5. The first-order valence-corrected chi connectivity index (χ1v) is 8.76. The summed E-state index contributed by atoms with van der Waals surface area (Å²) in [4.78, 5) is 20.5. The number of amides is 1. The van der Waals surface area contributed by atoms with Crippen molar-refractivity contribution in [2.75, 3.05) is 33.3 Å². The topological polar surface area (TPSA) is 65.9 Å². The van der Waals surface area contributed by atoms with Gasteiger partial charge in [0, 0.05) is 38.6 Å². The molecule has 0 aliphatic carbocycles. The molecular weight excluding hydrogens is 306 g/mol. The smallest absolute Gasteiger partial charge is 0.236 e. The maximum atomic E-state index is 12.5. The summed E-state index contributed by atoms with van der Waals surface area (Å²) >= 11 is 0. The van der Waals surface area contributed by atoms with E-state index in [1.54, 1.807) is 12.4 Å². The predicted molar refractivity (Wildman–Crippen MR) is 90.3 cm³/mol. The van der Waals surface area contributed by atoms with Crippen LogP contribution in [0.2, 0.25) is 0 Å². The molecule has 3 rings (SSSR count). The summed E-state index contributed by atoms with van der Waals surface area (Å²) in [5, 5.41) is 10.3. The van der Waals surface area contributed by atoms with Gasteiger partial charge in [0.15, 0.2) is 0 Å². The molecule has 0 saturated carbocycles. The normalized spacial score (nSPS) is 23.6. The number of pyridine rings is 1.